The van der Waals surface area contributed by atoms with Gasteiger partial charge in [0.25, 0.3) is 0 Å². The molecule has 0 rings (SSSR count). The molecule has 130 valence electrons. The number of allylic oxidation sites excluding steroid dienone is 1. The molecule has 2 N–H and O–H groups in total. The lowest BCUT2D eigenvalue weighted by atomic mass is 9.91. The van der Waals surface area contributed by atoms with Crippen molar-refractivity contribution in [2.75, 3.05) is 7.11 Å². The molecule has 0 saturated heterocycles. The fourth-order valence-corrected chi connectivity index (χ4v) is 2.60. The van der Waals surface area contributed by atoms with Crippen LogP contribution in [0.1, 0.15) is 78.1 Å². The fraction of sp³-hybridized carbons (Fsp3) is 0.833. The Bertz CT molecular complexity index is 314. The third-order valence-electron chi connectivity index (χ3n) is 4.02. The SMILES string of the molecule is C/C=C/[C@](O)(C(=O)OC)[C@@H](O)CCCCCCCCCCC. The molecule has 0 bridgehead atoms. The average molecular weight is 314 g/mol. The molecule has 0 radical (unpaired) electrons. The third-order valence-corrected chi connectivity index (χ3v) is 4.02. The van der Waals surface area contributed by atoms with E-state index in [0.29, 0.717) is 6.42 Å². The molecule has 0 unspecified atom stereocenters. The van der Waals surface area contributed by atoms with E-state index < -0.39 is 17.7 Å². The molecule has 4 nitrogen and oxygen atoms in total. The van der Waals surface area contributed by atoms with Crippen LogP contribution in [0.25, 0.3) is 0 Å². The lowest BCUT2D eigenvalue weighted by Crippen LogP contribution is -2.48. The van der Waals surface area contributed by atoms with Crippen molar-refractivity contribution in [3.05, 3.63) is 12.2 Å². The second-order valence-corrected chi connectivity index (χ2v) is 5.95. The maximum Gasteiger partial charge on any atom is 0.344 e. The molecule has 0 fully saturated rings. The third kappa shape index (κ3) is 7.95. The van der Waals surface area contributed by atoms with E-state index in [-0.39, 0.29) is 0 Å². The lowest BCUT2D eigenvalue weighted by molar-refractivity contribution is -0.167. The molecule has 2 atom stereocenters. The number of unbranched alkanes of at least 4 members (excludes halogenated alkanes) is 8. The molecule has 4 heteroatoms. The molecule has 0 aliphatic heterocycles. The first-order chi connectivity index (χ1) is 10.5. The van der Waals surface area contributed by atoms with E-state index in [1.807, 2.05) is 0 Å². The number of ether oxygens (including phenoxy) is 1. The zero-order chi connectivity index (χ0) is 16.8. The van der Waals surface area contributed by atoms with Gasteiger partial charge in [0.1, 0.15) is 0 Å². The Morgan fingerprint density at radius 1 is 1.09 bits per heavy atom. The van der Waals surface area contributed by atoms with Crippen LogP contribution in [0.3, 0.4) is 0 Å². The van der Waals surface area contributed by atoms with Crippen LogP contribution in [0.5, 0.6) is 0 Å². The normalized spacial score (nSPS) is 15.7. The van der Waals surface area contributed by atoms with Gasteiger partial charge in [0.15, 0.2) is 0 Å². The zero-order valence-corrected chi connectivity index (χ0v) is 14.5. The molecule has 0 aromatic carbocycles. The minimum absolute atomic E-state index is 0.395. The summed E-state index contributed by atoms with van der Waals surface area (Å²) in [5.41, 5.74) is -1.93. The zero-order valence-electron chi connectivity index (χ0n) is 14.5. The number of aliphatic hydroxyl groups excluding tert-OH is 1. The number of rotatable bonds is 13. The summed E-state index contributed by atoms with van der Waals surface area (Å²) in [7, 11) is 1.21. The fourth-order valence-electron chi connectivity index (χ4n) is 2.60. The van der Waals surface area contributed by atoms with Gasteiger partial charge in [0.05, 0.1) is 13.2 Å². The molecule has 0 spiro atoms. The van der Waals surface area contributed by atoms with Gasteiger partial charge in [-0.05, 0) is 19.4 Å². The highest BCUT2D eigenvalue weighted by atomic mass is 16.5. The monoisotopic (exact) mass is 314 g/mol. The summed E-state index contributed by atoms with van der Waals surface area (Å²) >= 11 is 0. The number of esters is 1. The number of carbonyl (C=O) groups is 1. The predicted octanol–water partition coefficient (Wildman–Crippen LogP) is 3.75. The van der Waals surface area contributed by atoms with Crippen LogP contribution in [-0.2, 0) is 9.53 Å². The number of hydrogen-bond donors (Lipinski definition) is 2. The first kappa shape index (κ1) is 21.1. The standard InChI is InChI=1S/C18H34O4/c1-4-6-7-8-9-10-11-12-13-14-16(19)18(21,15-5-2)17(20)22-3/h5,15-16,19,21H,4,6-14H2,1-3H3/b15-5+/t16-,18+/m0/s1. The minimum Gasteiger partial charge on any atom is -0.467 e. The minimum atomic E-state index is -1.93. The van der Waals surface area contributed by atoms with Crippen LogP contribution < -0.4 is 0 Å². The number of hydrogen-bond acceptors (Lipinski definition) is 4. The Morgan fingerprint density at radius 2 is 1.59 bits per heavy atom. The van der Waals surface area contributed by atoms with Gasteiger partial charge in [0.2, 0.25) is 5.60 Å². The summed E-state index contributed by atoms with van der Waals surface area (Å²) in [6.07, 6.45) is 12.8. The van der Waals surface area contributed by atoms with Gasteiger partial charge in [-0.25, -0.2) is 4.79 Å². The highest BCUT2D eigenvalue weighted by Crippen LogP contribution is 2.21. The van der Waals surface area contributed by atoms with Crippen LogP contribution in [0, 0.1) is 0 Å². The number of carbonyl (C=O) groups excluding carboxylic acids is 1. The van der Waals surface area contributed by atoms with E-state index >= 15 is 0 Å². The highest BCUT2D eigenvalue weighted by Gasteiger charge is 2.41. The van der Waals surface area contributed by atoms with E-state index in [1.165, 1.54) is 51.7 Å². The van der Waals surface area contributed by atoms with Crippen LogP contribution in [-0.4, -0.2) is 35.0 Å². The van der Waals surface area contributed by atoms with Crippen molar-refractivity contribution in [2.45, 2.75) is 89.8 Å². The molecule has 0 aliphatic rings. The van der Waals surface area contributed by atoms with Gasteiger partial charge in [0, 0.05) is 0 Å². The van der Waals surface area contributed by atoms with Crippen molar-refractivity contribution in [2.24, 2.45) is 0 Å². The van der Waals surface area contributed by atoms with Gasteiger partial charge in [-0.2, -0.15) is 0 Å². The molecule has 0 aliphatic carbocycles. The van der Waals surface area contributed by atoms with Crippen molar-refractivity contribution in [1.82, 2.24) is 0 Å². The number of methoxy groups -OCH3 is 1. The van der Waals surface area contributed by atoms with Crippen molar-refractivity contribution in [3.8, 4) is 0 Å². The van der Waals surface area contributed by atoms with E-state index in [0.717, 1.165) is 19.3 Å². The van der Waals surface area contributed by atoms with Crippen molar-refractivity contribution >= 4 is 5.97 Å². The van der Waals surface area contributed by atoms with Gasteiger partial charge < -0.3 is 14.9 Å². The largest absolute Gasteiger partial charge is 0.467 e. The smallest absolute Gasteiger partial charge is 0.344 e. The average Bonchev–Trinajstić information content (AvgIpc) is 2.52. The maximum absolute atomic E-state index is 11.6. The Hall–Kier alpha value is -0.870. The van der Waals surface area contributed by atoms with Crippen molar-refractivity contribution in [3.63, 3.8) is 0 Å². The topological polar surface area (TPSA) is 66.8 Å². The van der Waals surface area contributed by atoms with Gasteiger partial charge in [-0.3, -0.25) is 0 Å². The molecule has 0 saturated carbocycles. The van der Waals surface area contributed by atoms with E-state index in [9.17, 15) is 15.0 Å². The van der Waals surface area contributed by atoms with Crippen molar-refractivity contribution in [1.29, 1.82) is 0 Å². The summed E-state index contributed by atoms with van der Waals surface area (Å²) in [5.74, 6) is -0.811. The highest BCUT2D eigenvalue weighted by molar-refractivity contribution is 5.82. The molecule has 0 heterocycles. The van der Waals surface area contributed by atoms with Crippen LogP contribution in [0.4, 0.5) is 0 Å². The predicted molar refractivity (Wildman–Crippen MR) is 89.6 cm³/mol. The molecular formula is C18H34O4. The second kappa shape index (κ2) is 12.7. The molecule has 0 aromatic heterocycles. The molecule has 0 amide bonds. The van der Waals surface area contributed by atoms with Crippen LogP contribution in [0.2, 0.25) is 0 Å². The van der Waals surface area contributed by atoms with E-state index in [1.54, 1.807) is 13.0 Å². The Labute approximate surface area is 135 Å². The van der Waals surface area contributed by atoms with Gasteiger partial charge in [-0.1, -0.05) is 70.8 Å². The Morgan fingerprint density at radius 3 is 2.05 bits per heavy atom. The van der Waals surface area contributed by atoms with Crippen LogP contribution in [0.15, 0.2) is 12.2 Å². The molecular weight excluding hydrogens is 280 g/mol. The first-order valence-electron chi connectivity index (χ1n) is 8.65. The van der Waals surface area contributed by atoms with Crippen molar-refractivity contribution < 1.29 is 19.7 Å². The summed E-state index contributed by atoms with van der Waals surface area (Å²) < 4.78 is 4.58. The summed E-state index contributed by atoms with van der Waals surface area (Å²) in [5, 5.41) is 20.4. The Balaban J connectivity index is 3.91. The molecule has 0 aromatic rings. The summed E-state index contributed by atoms with van der Waals surface area (Å²) in [4.78, 5) is 11.6. The molecule has 22 heavy (non-hydrogen) atoms. The second-order valence-electron chi connectivity index (χ2n) is 5.95. The van der Waals surface area contributed by atoms with E-state index in [2.05, 4.69) is 11.7 Å². The maximum atomic E-state index is 11.6. The van der Waals surface area contributed by atoms with Gasteiger partial charge in [-0.15, -0.1) is 0 Å². The van der Waals surface area contributed by atoms with E-state index in [4.69, 9.17) is 0 Å². The quantitative estimate of drug-likeness (QED) is 0.309. The van der Waals surface area contributed by atoms with Crippen LogP contribution >= 0.6 is 0 Å². The lowest BCUT2D eigenvalue weighted by Gasteiger charge is -2.27. The summed E-state index contributed by atoms with van der Waals surface area (Å²) in [6.45, 7) is 3.91. The summed E-state index contributed by atoms with van der Waals surface area (Å²) in [6, 6.07) is 0. The first-order valence-corrected chi connectivity index (χ1v) is 8.65. The van der Waals surface area contributed by atoms with Gasteiger partial charge >= 0.3 is 5.97 Å². The number of aliphatic hydroxyl groups is 2. The Kier molecular flexibility index (Phi) is 12.2.